The highest BCUT2D eigenvalue weighted by Gasteiger charge is 2.19. The summed E-state index contributed by atoms with van der Waals surface area (Å²) in [6, 6.07) is 10.6. The Morgan fingerprint density at radius 2 is 2.00 bits per heavy atom. The van der Waals surface area contributed by atoms with Gasteiger partial charge in [0.15, 0.2) is 16.6 Å². The maximum Gasteiger partial charge on any atom is 0.253 e. The SMILES string of the molecule is Nc1nc2c(C(=O)NCc3ccccc3)cc(O)c(O)c2s1. The summed E-state index contributed by atoms with van der Waals surface area (Å²) >= 11 is 1.02. The van der Waals surface area contributed by atoms with Crippen LogP contribution in [-0.2, 0) is 6.54 Å². The normalized spacial score (nSPS) is 10.7. The molecule has 0 bridgehead atoms. The van der Waals surface area contributed by atoms with Gasteiger partial charge in [-0.2, -0.15) is 0 Å². The monoisotopic (exact) mass is 315 g/mol. The number of nitrogens with one attached hydrogen (secondary N) is 1. The fraction of sp³-hybridized carbons (Fsp3) is 0.0667. The van der Waals surface area contributed by atoms with Gasteiger partial charge in [-0.05, 0) is 11.6 Å². The van der Waals surface area contributed by atoms with Crippen LogP contribution < -0.4 is 11.1 Å². The lowest BCUT2D eigenvalue weighted by atomic mass is 10.1. The molecule has 112 valence electrons. The second-order valence-electron chi connectivity index (χ2n) is 4.69. The number of aromatic hydroxyl groups is 2. The van der Waals surface area contributed by atoms with Crippen LogP contribution in [0.3, 0.4) is 0 Å². The van der Waals surface area contributed by atoms with Gasteiger partial charge in [0.2, 0.25) is 0 Å². The number of phenolic OH excluding ortho intramolecular Hbond substituents is 2. The summed E-state index contributed by atoms with van der Waals surface area (Å²) in [5, 5.41) is 22.5. The van der Waals surface area contributed by atoms with Crippen molar-refractivity contribution in [2.45, 2.75) is 6.54 Å². The van der Waals surface area contributed by atoms with Gasteiger partial charge in [-0.25, -0.2) is 4.98 Å². The van der Waals surface area contributed by atoms with Crippen molar-refractivity contribution in [3.8, 4) is 11.5 Å². The number of nitrogen functional groups attached to an aromatic ring is 1. The molecule has 5 N–H and O–H groups in total. The molecule has 6 nitrogen and oxygen atoms in total. The van der Waals surface area contributed by atoms with Crippen molar-refractivity contribution in [1.82, 2.24) is 10.3 Å². The van der Waals surface area contributed by atoms with Crippen LogP contribution in [0.4, 0.5) is 5.13 Å². The van der Waals surface area contributed by atoms with Gasteiger partial charge < -0.3 is 21.3 Å². The Morgan fingerprint density at radius 3 is 2.73 bits per heavy atom. The van der Waals surface area contributed by atoms with Crippen LogP contribution >= 0.6 is 11.3 Å². The predicted molar refractivity (Wildman–Crippen MR) is 85.0 cm³/mol. The van der Waals surface area contributed by atoms with Crippen molar-refractivity contribution in [1.29, 1.82) is 0 Å². The van der Waals surface area contributed by atoms with Gasteiger partial charge in [0, 0.05) is 6.54 Å². The summed E-state index contributed by atoms with van der Waals surface area (Å²) < 4.78 is 0.294. The first-order chi connectivity index (χ1) is 10.6. The number of thiazole rings is 1. The molecule has 1 amide bonds. The molecule has 0 aliphatic rings. The number of phenols is 2. The summed E-state index contributed by atoms with van der Waals surface area (Å²) in [6.45, 7) is 0.350. The van der Waals surface area contributed by atoms with Crippen molar-refractivity contribution in [3.05, 3.63) is 47.5 Å². The number of fused-ring (bicyclic) bond motifs is 1. The molecule has 0 atom stereocenters. The minimum Gasteiger partial charge on any atom is -0.504 e. The van der Waals surface area contributed by atoms with Crippen LogP contribution in [0.5, 0.6) is 11.5 Å². The minimum atomic E-state index is -0.394. The molecule has 2 aromatic carbocycles. The molecule has 0 saturated heterocycles. The lowest BCUT2D eigenvalue weighted by Crippen LogP contribution is -2.23. The van der Waals surface area contributed by atoms with Gasteiger partial charge in [-0.1, -0.05) is 41.7 Å². The van der Waals surface area contributed by atoms with E-state index in [-0.39, 0.29) is 27.7 Å². The molecule has 0 aliphatic carbocycles. The van der Waals surface area contributed by atoms with E-state index in [0.29, 0.717) is 11.2 Å². The first kappa shape index (κ1) is 14.2. The quantitative estimate of drug-likeness (QED) is 0.554. The van der Waals surface area contributed by atoms with Crippen molar-refractivity contribution in [2.24, 2.45) is 0 Å². The number of anilines is 1. The van der Waals surface area contributed by atoms with Crippen molar-refractivity contribution >= 4 is 32.6 Å². The number of rotatable bonds is 3. The fourth-order valence-corrected chi connectivity index (χ4v) is 2.92. The van der Waals surface area contributed by atoms with Crippen molar-refractivity contribution < 1.29 is 15.0 Å². The topological polar surface area (TPSA) is 108 Å². The molecule has 0 radical (unpaired) electrons. The smallest absolute Gasteiger partial charge is 0.253 e. The number of carbonyl (C=O) groups excluding carboxylic acids is 1. The van der Waals surface area contributed by atoms with Crippen LogP contribution in [0, 0.1) is 0 Å². The van der Waals surface area contributed by atoms with E-state index >= 15 is 0 Å². The van der Waals surface area contributed by atoms with E-state index in [1.807, 2.05) is 30.3 Å². The first-order valence-corrected chi connectivity index (χ1v) is 7.31. The van der Waals surface area contributed by atoms with Crippen molar-refractivity contribution in [2.75, 3.05) is 5.73 Å². The van der Waals surface area contributed by atoms with Crippen LogP contribution in [-0.4, -0.2) is 21.1 Å². The zero-order valence-electron chi connectivity index (χ0n) is 11.4. The number of nitrogens with two attached hydrogens (primary N) is 1. The number of benzene rings is 2. The summed E-state index contributed by atoms with van der Waals surface area (Å²) in [5.74, 6) is -1.08. The number of hydrogen-bond acceptors (Lipinski definition) is 6. The van der Waals surface area contributed by atoms with Crippen LogP contribution in [0.1, 0.15) is 15.9 Å². The Kier molecular flexibility index (Phi) is 3.56. The van der Waals surface area contributed by atoms with E-state index in [0.717, 1.165) is 16.9 Å². The van der Waals surface area contributed by atoms with E-state index in [2.05, 4.69) is 10.3 Å². The Balaban J connectivity index is 1.92. The van der Waals surface area contributed by atoms with E-state index < -0.39 is 5.91 Å². The summed E-state index contributed by atoms with van der Waals surface area (Å²) in [7, 11) is 0. The van der Waals surface area contributed by atoms with E-state index in [4.69, 9.17) is 5.73 Å². The fourth-order valence-electron chi connectivity index (χ4n) is 2.12. The average Bonchev–Trinajstić information content (AvgIpc) is 2.91. The average molecular weight is 315 g/mol. The van der Waals surface area contributed by atoms with Crippen molar-refractivity contribution in [3.63, 3.8) is 0 Å². The van der Waals surface area contributed by atoms with E-state index in [1.165, 1.54) is 6.07 Å². The molecule has 0 unspecified atom stereocenters. The molecular formula is C15H13N3O3S. The molecule has 0 spiro atoms. The predicted octanol–water partition coefficient (Wildman–Crippen LogP) is 2.22. The Hall–Kier alpha value is -2.80. The molecule has 1 heterocycles. The Bertz CT molecular complexity index is 846. The van der Waals surface area contributed by atoms with Crippen LogP contribution in [0.15, 0.2) is 36.4 Å². The molecule has 0 aliphatic heterocycles. The van der Waals surface area contributed by atoms with Gasteiger partial charge >= 0.3 is 0 Å². The largest absolute Gasteiger partial charge is 0.504 e. The van der Waals surface area contributed by atoms with Gasteiger partial charge in [0.1, 0.15) is 10.2 Å². The summed E-state index contributed by atoms with van der Waals surface area (Å²) in [6.07, 6.45) is 0. The summed E-state index contributed by atoms with van der Waals surface area (Å²) in [5.41, 5.74) is 7.03. The number of carbonyl (C=O) groups is 1. The van der Waals surface area contributed by atoms with Gasteiger partial charge in [-0.3, -0.25) is 4.79 Å². The Morgan fingerprint density at radius 1 is 1.27 bits per heavy atom. The summed E-state index contributed by atoms with van der Waals surface area (Å²) in [4.78, 5) is 16.4. The lowest BCUT2D eigenvalue weighted by Gasteiger charge is -2.07. The maximum atomic E-state index is 12.3. The molecule has 1 aromatic heterocycles. The Labute approximate surface area is 129 Å². The van der Waals surface area contributed by atoms with Gasteiger partial charge in [0.25, 0.3) is 5.91 Å². The standard InChI is InChI=1S/C15H13N3O3S/c16-15-18-11-9(6-10(19)12(20)13(11)22-15)14(21)17-7-8-4-2-1-3-5-8/h1-6,19-20H,7H2,(H2,16,18)(H,17,21). The number of nitrogens with zero attached hydrogens (tertiary/aromatic N) is 1. The number of hydrogen-bond donors (Lipinski definition) is 4. The van der Waals surface area contributed by atoms with Crippen LogP contribution in [0.2, 0.25) is 0 Å². The second kappa shape index (κ2) is 5.53. The van der Waals surface area contributed by atoms with Crippen LogP contribution in [0.25, 0.3) is 10.2 Å². The molecule has 22 heavy (non-hydrogen) atoms. The second-order valence-corrected chi connectivity index (χ2v) is 5.72. The maximum absolute atomic E-state index is 12.3. The molecule has 3 rings (SSSR count). The number of amides is 1. The molecule has 3 aromatic rings. The lowest BCUT2D eigenvalue weighted by molar-refractivity contribution is 0.0952. The number of aromatic nitrogens is 1. The molecular weight excluding hydrogens is 302 g/mol. The van der Waals surface area contributed by atoms with E-state index in [1.54, 1.807) is 0 Å². The molecule has 0 fully saturated rings. The third-order valence-electron chi connectivity index (χ3n) is 3.18. The van der Waals surface area contributed by atoms with Gasteiger partial charge in [-0.15, -0.1) is 0 Å². The zero-order valence-corrected chi connectivity index (χ0v) is 12.2. The first-order valence-electron chi connectivity index (χ1n) is 6.49. The third kappa shape index (κ3) is 2.53. The minimum absolute atomic E-state index is 0.175. The highest BCUT2D eigenvalue weighted by molar-refractivity contribution is 7.22. The van der Waals surface area contributed by atoms with E-state index in [9.17, 15) is 15.0 Å². The molecule has 7 heteroatoms. The van der Waals surface area contributed by atoms with Gasteiger partial charge in [0.05, 0.1) is 5.56 Å². The zero-order chi connectivity index (χ0) is 15.7. The highest BCUT2D eigenvalue weighted by Crippen LogP contribution is 2.40. The highest BCUT2D eigenvalue weighted by atomic mass is 32.1. The third-order valence-corrected chi connectivity index (χ3v) is 4.07. The molecule has 0 saturated carbocycles.